The van der Waals surface area contributed by atoms with E-state index < -0.39 is 0 Å². The summed E-state index contributed by atoms with van der Waals surface area (Å²) in [5, 5.41) is 3.13. The Kier molecular flexibility index (Phi) is 2.96. The van der Waals surface area contributed by atoms with Gasteiger partial charge in [0.15, 0.2) is 0 Å². The van der Waals surface area contributed by atoms with E-state index in [0.29, 0.717) is 5.92 Å². The van der Waals surface area contributed by atoms with Gasteiger partial charge in [0.05, 0.1) is 0 Å². The van der Waals surface area contributed by atoms with Crippen LogP contribution in [0.3, 0.4) is 0 Å². The van der Waals surface area contributed by atoms with Gasteiger partial charge in [-0.15, -0.1) is 0 Å². The fourth-order valence-electron chi connectivity index (χ4n) is 1.64. The first kappa shape index (κ1) is 10.1. The summed E-state index contributed by atoms with van der Waals surface area (Å²) in [5.41, 5.74) is 2.18. The molecule has 1 heterocycles. The first-order chi connectivity index (χ1) is 6.11. The van der Waals surface area contributed by atoms with Gasteiger partial charge < -0.3 is 0 Å². The smallest absolute Gasteiger partial charge is 0.270 e. The number of aryl methyl sites for hydroxylation is 2. The highest BCUT2D eigenvalue weighted by molar-refractivity contribution is 5.20. The molecule has 0 bridgehead atoms. The van der Waals surface area contributed by atoms with Gasteiger partial charge in [0.25, 0.3) is 5.56 Å². The van der Waals surface area contributed by atoms with Crippen LogP contribution in [0.5, 0.6) is 0 Å². The zero-order chi connectivity index (χ0) is 10.0. The van der Waals surface area contributed by atoms with Crippen molar-refractivity contribution in [3.63, 3.8) is 0 Å². The number of hydrogen-bond donors (Lipinski definition) is 1. The molecular weight excluding hydrogens is 164 g/mol. The standard InChI is InChI=1S/C10H18N2O/c1-5-8-9(7(3)4)10(13)12(6-2)11-8/h7,11H,5-6H2,1-4H3. The van der Waals surface area contributed by atoms with E-state index in [0.717, 1.165) is 24.2 Å². The second-order valence-corrected chi connectivity index (χ2v) is 3.56. The minimum absolute atomic E-state index is 0.148. The molecule has 0 saturated heterocycles. The Morgan fingerprint density at radius 3 is 2.31 bits per heavy atom. The Morgan fingerprint density at radius 2 is 2.00 bits per heavy atom. The molecule has 0 unspecified atom stereocenters. The summed E-state index contributed by atoms with van der Waals surface area (Å²) in [6.45, 7) is 8.88. The topological polar surface area (TPSA) is 37.8 Å². The molecule has 1 rings (SSSR count). The third-order valence-electron chi connectivity index (χ3n) is 2.32. The molecule has 3 heteroatoms. The van der Waals surface area contributed by atoms with E-state index in [-0.39, 0.29) is 5.56 Å². The van der Waals surface area contributed by atoms with E-state index in [4.69, 9.17) is 0 Å². The molecule has 0 aliphatic rings. The molecule has 13 heavy (non-hydrogen) atoms. The second kappa shape index (κ2) is 3.81. The molecule has 1 N–H and O–H groups in total. The first-order valence-electron chi connectivity index (χ1n) is 4.93. The maximum Gasteiger partial charge on any atom is 0.270 e. The molecular formula is C10H18N2O. The summed E-state index contributed by atoms with van der Waals surface area (Å²) in [5.74, 6) is 0.312. The summed E-state index contributed by atoms with van der Waals surface area (Å²) in [4.78, 5) is 11.8. The number of hydrogen-bond acceptors (Lipinski definition) is 1. The largest absolute Gasteiger partial charge is 0.299 e. The quantitative estimate of drug-likeness (QED) is 0.761. The minimum Gasteiger partial charge on any atom is -0.299 e. The van der Waals surface area contributed by atoms with Crippen LogP contribution in [0.1, 0.15) is 44.9 Å². The lowest BCUT2D eigenvalue weighted by atomic mass is 10.0. The maximum absolute atomic E-state index is 11.8. The number of rotatable bonds is 3. The van der Waals surface area contributed by atoms with Crippen molar-refractivity contribution in [3.05, 3.63) is 21.6 Å². The Bertz CT molecular complexity index is 333. The summed E-state index contributed by atoms with van der Waals surface area (Å²) in [7, 11) is 0. The van der Waals surface area contributed by atoms with Gasteiger partial charge in [0.2, 0.25) is 0 Å². The summed E-state index contributed by atoms with van der Waals surface area (Å²) in [6, 6.07) is 0. The predicted octanol–water partition coefficient (Wildman–Crippen LogP) is 1.88. The molecule has 0 amide bonds. The van der Waals surface area contributed by atoms with E-state index >= 15 is 0 Å². The molecule has 1 aromatic rings. The number of aromatic amines is 1. The van der Waals surface area contributed by atoms with Crippen molar-refractivity contribution < 1.29 is 0 Å². The van der Waals surface area contributed by atoms with Gasteiger partial charge >= 0.3 is 0 Å². The molecule has 0 aliphatic carbocycles. The molecule has 0 aliphatic heterocycles. The number of nitrogens with one attached hydrogen (secondary N) is 1. The van der Waals surface area contributed by atoms with Crippen LogP contribution < -0.4 is 5.56 Å². The zero-order valence-electron chi connectivity index (χ0n) is 8.85. The molecule has 74 valence electrons. The lowest BCUT2D eigenvalue weighted by molar-refractivity contribution is 0.627. The molecule has 1 aromatic heterocycles. The van der Waals surface area contributed by atoms with Gasteiger partial charge in [-0.3, -0.25) is 14.6 Å². The highest BCUT2D eigenvalue weighted by Gasteiger charge is 2.14. The van der Waals surface area contributed by atoms with Crippen LogP contribution in [0, 0.1) is 0 Å². The van der Waals surface area contributed by atoms with Crippen LogP contribution >= 0.6 is 0 Å². The van der Waals surface area contributed by atoms with E-state index in [1.54, 1.807) is 4.68 Å². The highest BCUT2D eigenvalue weighted by atomic mass is 16.1. The average molecular weight is 182 g/mol. The SMILES string of the molecule is CCc1[nH]n(CC)c(=O)c1C(C)C. The maximum atomic E-state index is 11.8. The molecule has 0 saturated carbocycles. The second-order valence-electron chi connectivity index (χ2n) is 3.56. The summed E-state index contributed by atoms with van der Waals surface area (Å²) >= 11 is 0. The summed E-state index contributed by atoms with van der Waals surface area (Å²) < 4.78 is 1.67. The molecule has 0 radical (unpaired) electrons. The lowest BCUT2D eigenvalue weighted by Gasteiger charge is -2.01. The third kappa shape index (κ3) is 1.69. The minimum atomic E-state index is 0.148. The van der Waals surface area contributed by atoms with Gasteiger partial charge in [-0.2, -0.15) is 0 Å². The van der Waals surface area contributed by atoms with E-state index in [1.807, 2.05) is 6.92 Å². The van der Waals surface area contributed by atoms with Crippen molar-refractivity contribution in [2.24, 2.45) is 0 Å². The van der Waals surface area contributed by atoms with Crippen LogP contribution in [0.15, 0.2) is 4.79 Å². The van der Waals surface area contributed by atoms with Gasteiger partial charge in [-0.05, 0) is 19.3 Å². The van der Waals surface area contributed by atoms with Crippen molar-refractivity contribution in [2.75, 3.05) is 0 Å². The van der Waals surface area contributed by atoms with Crippen molar-refractivity contribution >= 4 is 0 Å². The van der Waals surface area contributed by atoms with Crippen molar-refractivity contribution in [1.29, 1.82) is 0 Å². The normalized spacial score (nSPS) is 11.2. The van der Waals surface area contributed by atoms with Crippen molar-refractivity contribution in [3.8, 4) is 0 Å². The fraction of sp³-hybridized carbons (Fsp3) is 0.700. The average Bonchev–Trinajstić information content (AvgIpc) is 2.41. The molecule has 0 aromatic carbocycles. The van der Waals surface area contributed by atoms with Gasteiger partial charge in [-0.25, -0.2) is 0 Å². The zero-order valence-corrected chi connectivity index (χ0v) is 8.85. The molecule has 0 atom stereocenters. The number of aromatic nitrogens is 2. The van der Waals surface area contributed by atoms with Crippen LogP contribution in [0.2, 0.25) is 0 Å². The number of H-pyrrole nitrogens is 1. The first-order valence-corrected chi connectivity index (χ1v) is 4.93. The Hall–Kier alpha value is -0.990. The van der Waals surface area contributed by atoms with Crippen LogP contribution in [-0.4, -0.2) is 9.78 Å². The van der Waals surface area contributed by atoms with E-state index in [2.05, 4.69) is 25.9 Å². The monoisotopic (exact) mass is 182 g/mol. The molecule has 3 nitrogen and oxygen atoms in total. The van der Waals surface area contributed by atoms with Crippen LogP contribution in [-0.2, 0) is 13.0 Å². The van der Waals surface area contributed by atoms with Gasteiger partial charge in [0.1, 0.15) is 0 Å². The summed E-state index contributed by atoms with van der Waals surface area (Å²) in [6.07, 6.45) is 0.899. The fourth-order valence-corrected chi connectivity index (χ4v) is 1.64. The van der Waals surface area contributed by atoms with Crippen molar-refractivity contribution in [2.45, 2.75) is 46.6 Å². The van der Waals surface area contributed by atoms with Gasteiger partial charge in [-0.1, -0.05) is 20.8 Å². The van der Waals surface area contributed by atoms with E-state index in [1.165, 1.54) is 0 Å². The van der Waals surface area contributed by atoms with Gasteiger partial charge in [0, 0.05) is 17.8 Å². The lowest BCUT2D eigenvalue weighted by Crippen LogP contribution is -2.18. The van der Waals surface area contributed by atoms with Crippen LogP contribution in [0.25, 0.3) is 0 Å². The Balaban J connectivity index is 3.29. The Morgan fingerprint density at radius 1 is 1.38 bits per heavy atom. The molecule has 0 fully saturated rings. The van der Waals surface area contributed by atoms with Crippen LogP contribution in [0.4, 0.5) is 0 Å². The molecule has 0 spiro atoms. The number of nitrogens with zero attached hydrogens (tertiary/aromatic N) is 1. The highest BCUT2D eigenvalue weighted by Crippen LogP contribution is 2.14. The third-order valence-corrected chi connectivity index (χ3v) is 2.32. The Labute approximate surface area is 78.8 Å². The predicted molar refractivity (Wildman–Crippen MR) is 54.2 cm³/mol. The van der Waals surface area contributed by atoms with Crippen molar-refractivity contribution in [1.82, 2.24) is 9.78 Å². The van der Waals surface area contributed by atoms with E-state index in [9.17, 15) is 4.79 Å².